The SMILES string of the molecule is Cl.O=C(NCC(F)F)C1CC2CCCCC2N1. The van der Waals surface area contributed by atoms with E-state index in [1.807, 2.05) is 0 Å². The first-order valence-corrected chi connectivity index (χ1v) is 5.98. The van der Waals surface area contributed by atoms with E-state index < -0.39 is 13.0 Å². The highest BCUT2D eigenvalue weighted by molar-refractivity contribution is 5.85. The van der Waals surface area contributed by atoms with Gasteiger partial charge >= 0.3 is 0 Å². The molecule has 2 fully saturated rings. The Hall–Kier alpha value is -0.420. The van der Waals surface area contributed by atoms with E-state index in [2.05, 4.69) is 10.6 Å². The van der Waals surface area contributed by atoms with Gasteiger partial charge in [-0.15, -0.1) is 12.4 Å². The Morgan fingerprint density at radius 3 is 2.71 bits per heavy atom. The Morgan fingerprint density at radius 2 is 2.06 bits per heavy atom. The van der Waals surface area contributed by atoms with Gasteiger partial charge < -0.3 is 10.6 Å². The van der Waals surface area contributed by atoms with Crippen LogP contribution in [0.1, 0.15) is 32.1 Å². The third-order valence-electron chi connectivity index (χ3n) is 3.61. The first-order valence-electron chi connectivity index (χ1n) is 5.98. The standard InChI is InChI=1S/C11H18F2N2O.ClH/c12-10(13)6-14-11(16)9-5-7-3-1-2-4-8(7)15-9;/h7-10,15H,1-6H2,(H,14,16);1H. The van der Waals surface area contributed by atoms with Crippen molar-refractivity contribution in [2.45, 2.75) is 50.6 Å². The lowest BCUT2D eigenvalue weighted by atomic mass is 9.85. The monoisotopic (exact) mass is 268 g/mol. The number of nitrogens with one attached hydrogen (secondary N) is 2. The Morgan fingerprint density at radius 1 is 1.35 bits per heavy atom. The maximum atomic E-state index is 11.9. The summed E-state index contributed by atoms with van der Waals surface area (Å²) in [5.74, 6) is 0.297. The molecule has 0 aromatic heterocycles. The molecular formula is C11H19ClF2N2O. The second kappa shape index (κ2) is 6.50. The van der Waals surface area contributed by atoms with Gasteiger partial charge in [-0.25, -0.2) is 8.78 Å². The van der Waals surface area contributed by atoms with Crippen LogP contribution in [0.3, 0.4) is 0 Å². The van der Waals surface area contributed by atoms with Gasteiger partial charge in [0.1, 0.15) is 0 Å². The fourth-order valence-electron chi connectivity index (χ4n) is 2.82. The zero-order valence-corrected chi connectivity index (χ0v) is 10.4. The van der Waals surface area contributed by atoms with E-state index in [4.69, 9.17) is 0 Å². The van der Waals surface area contributed by atoms with Crippen LogP contribution in [-0.2, 0) is 4.79 Å². The number of rotatable bonds is 3. The highest BCUT2D eigenvalue weighted by atomic mass is 35.5. The molecule has 0 aromatic carbocycles. The van der Waals surface area contributed by atoms with E-state index in [9.17, 15) is 13.6 Å². The predicted molar refractivity (Wildman–Crippen MR) is 63.5 cm³/mol. The second-order valence-corrected chi connectivity index (χ2v) is 4.74. The van der Waals surface area contributed by atoms with Gasteiger partial charge in [0.05, 0.1) is 12.6 Å². The lowest BCUT2D eigenvalue weighted by Gasteiger charge is -2.24. The molecule has 3 nitrogen and oxygen atoms in total. The molecule has 0 aromatic rings. The van der Waals surface area contributed by atoms with Crippen LogP contribution in [0, 0.1) is 5.92 Å². The van der Waals surface area contributed by atoms with Crippen LogP contribution in [-0.4, -0.2) is 31.0 Å². The van der Waals surface area contributed by atoms with Crippen molar-refractivity contribution >= 4 is 18.3 Å². The summed E-state index contributed by atoms with van der Waals surface area (Å²) in [6, 6.07) is 0.169. The summed E-state index contributed by atoms with van der Waals surface area (Å²) in [7, 11) is 0. The third-order valence-corrected chi connectivity index (χ3v) is 3.61. The highest BCUT2D eigenvalue weighted by Gasteiger charge is 2.38. The zero-order chi connectivity index (χ0) is 11.5. The Bertz CT molecular complexity index is 252. The Labute approximate surface area is 106 Å². The summed E-state index contributed by atoms with van der Waals surface area (Å²) >= 11 is 0. The van der Waals surface area contributed by atoms with Crippen LogP contribution < -0.4 is 10.6 Å². The van der Waals surface area contributed by atoms with E-state index >= 15 is 0 Å². The minimum absolute atomic E-state index is 0. The number of hydrogen-bond donors (Lipinski definition) is 2. The Kier molecular flexibility index (Phi) is 5.59. The van der Waals surface area contributed by atoms with Crippen molar-refractivity contribution in [1.82, 2.24) is 10.6 Å². The molecule has 1 amide bonds. The van der Waals surface area contributed by atoms with Crippen molar-refractivity contribution in [3.05, 3.63) is 0 Å². The summed E-state index contributed by atoms with van der Waals surface area (Å²) < 4.78 is 23.9. The molecule has 100 valence electrons. The summed E-state index contributed by atoms with van der Waals surface area (Å²) in [5.41, 5.74) is 0. The van der Waals surface area contributed by atoms with E-state index in [0.29, 0.717) is 12.0 Å². The van der Waals surface area contributed by atoms with Gasteiger partial charge in [-0.05, 0) is 25.2 Å². The molecule has 1 heterocycles. The molecular weight excluding hydrogens is 250 g/mol. The van der Waals surface area contributed by atoms with Crippen molar-refractivity contribution in [2.75, 3.05) is 6.54 Å². The molecule has 1 saturated heterocycles. The largest absolute Gasteiger partial charge is 0.349 e. The van der Waals surface area contributed by atoms with Crippen molar-refractivity contribution in [3.8, 4) is 0 Å². The van der Waals surface area contributed by atoms with Crippen LogP contribution in [0.15, 0.2) is 0 Å². The summed E-state index contributed by atoms with van der Waals surface area (Å²) in [6.45, 7) is -0.535. The molecule has 6 heteroatoms. The second-order valence-electron chi connectivity index (χ2n) is 4.74. The molecule has 0 radical (unpaired) electrons. The molecule has 3 unspecified atom stereocenters. The van der Waals surface area contributed by atoms with Gasteiger partial charge in [-0.1, -0.05) is 12.8 Å². The number of carbonyl (C=O) groups excluding carboxylic acids is 1. The van der Waals surface area contributed by atoms with Crippen LogP contribution in [0.25, 0.3) is 0 Å². The maximum absolute atomic E-state index is 11.9. The van der Waals surface area contributed by atoms with Gasteiger partial charge in [-0.3, -0.25) is 4.79 Å². The first kappa shape index (κ1) is 14.6. The number of fused-ring (bicyclic) bond motifs is 1. The number of halogens is 3. The van der Waals surface area contributed by atoms with Gasteiger partial charge in [0, 0.05) is 6.04 Å². The minimum Gasteiger partial charge on any atom is -0.349 e. The molecule has 17 heavy (non-hydrogen) atoms. The maximum Gasteiger partial charge on any atom is 0.255 e. The first-order chi connectivity index (χ1) is 7.66. The summed E-state index contributed by atoms with van der Waals surface area (Å²) in [5, 5.41) is 5.54. The predicted octanol–water partition coefficient (Wildman–Crippen LogP) is 1.71. The average molecular weight is 269 g/mol. The molecule has 2 N–H and O–H groups in total. The van der Waals surface area contributed by atoms with Crippen molar-refractivity contribution in [2.24, 2.45) is 5.92 Å². The van der Waals surface area contributed by atoms with Gasteiger partial charge in [-0.2, -0.15) is 0 Å². The fourth-order valence-corrected chi connectivity index (χ4v) is 2.82. The van der Waals surface area contributed by atoms with Crippen molar-refractivity contribution in [1.29, 1.82) is 0 Å². The van der Waals surface area contributed by atoms with Crippen molar-refractivity contribution < 1.29 is 13.6 Å². The van der Waals surface area contributed by atoms with E-state index in [0.717, 1.165) is 19.3 Å². The molecule has 1 aliphatic carbocycles. The topological polar surface area (TPSA) is 41.1 Å². The smallest absolute Gasteiger partial charge is 0.255 e. The molecule has 3 atom stereocenters. The molecule has 0 bridgehead atoms. The lowest BCUT2D eigenvalue weighted by molar-refractivity contribution is -0.123. The highest BCUT2D eigenvalue weighted by Crippen LogP contribution is 2.33. The zero-order valence-electron chi connectivity index (χ0n) is 9.62. The van der Waals surface area contributed by atoms with Gasteiger partial charge in [0.25, 0.3) is 6.43 Å². The lowest BCUT2D eigenvalue weighted by Crippen LogP contribution is -2.44. The molecule has 0 spiro atoms. The van der Waals surface area contributed by atoms with Crippen LogP contribution in [0.5, 0.6) is 0 Å². The van der Waals surface area contributed by atoms with E-state index in [1.165, 1.54) is 12.8 Å². The quantitative estimate of drug-likeness (QED) is 0.818. The van der Waals surface area contributed by atoms with E-state index in [1.54, 1.807) is 0 Å². The van der Waals surface area contributed by atoms with Crippen LogP contribution in [0.4, 0.5) is 8.78 Å². The normalized spacial score (nSPS) is 31.8. The number of carbonyl (C=O) groups is 1. The van der Waals surface area contributed by atoms with Gasteiger partial charge in [0.15, 0.2) is 0 Å². The average Bonchev–Trinajstić information content (AvgIpc) is 2.69. The van der Waals surface area contributed by atoms with Crippen LogP contribution >= 0.6 is 12.4 Å². The number of amides is 1. The number of alkyl halides is 2. The van der Waals surface area contributed by atoms with Crippen LogP contribution in [0.2, 0.25) is 0 Å². The Balaban J connectivity index is 0.00000144. The molecule has 2 aliphatic rings. The van der Waals surface area contributed by atoms with Crippen molar-refractivity contribution in [3.63, 3.8) is 0 Å². The third kappa shape index (κ3) is 3.78. The molecule has 1 saturated carbocycles. The molecule has 1 aliphatic heterocycles. The fraction of sp³-hybridized carbons (Fsp3) is 0.909. The van der Waals surface area contributed by atoms with Gasteiger partial charge in [0.2, 0.25) is 5.91 Å². The summed E-state index contributed by atoms with van der Waals surface area (Å²) in [6.07, 6.45) is 3.06. The minimum atomic E-state index is -2.47. The summed E-state index contributed by atoms with van der Waals surface area (Å²) in [4.78, 5) is 11.6. The molecule has 2 rings (SSSR count). The number of hydrogen-bond acceptors (Lipinski definition) is 2. The van der Waals surface area contributed by atoms with E-state index in [-0.39, 0.29) is 24.4 Å².